The molecule has 0 saturated heterocycles. The Labute approximate surface area is 129 Å². The molecule has 1 N–H and O–H groups in total. The fraction of sp³-hybridized carbons (Fsp3) is 0.667. The summed E-state index contributed by atoms with van der Waals surface area (Å²) in [4.78, 5) is 0. The molecule has 2 rings (SSSR count). The first-order valence-corrected chi connectivity index (χ1v) is 8.46. The number of rotatable bonds is 5. The summed E-state index contributed by atoms with van der Waals surface area (Å²) in [6.45, 7) is 4.37. The van der Waals surface area contributed by atoms with Crippen LogP contribution in [0, 0.1) is 18.8 Å². The maximum Gasteiger partial charge on any atom is 0.0438 e. The Morgan fingerprint density at radius 2 is 1.95 bits per heavy atom. The molecular formula is C18H28ClN. The van der Waals surface area contributed by atoms with Gasteiger partial charge in [-0.15, -0.1) is 0 Å². The summed E-state index contributed by atoms with van der Waals surface area (Å²) < 4.78 is 0. The third-order valence-electron chi connectivity index (χ3n) is 4.93. The largest absolute Gasteiger partial charge is 0.313 e. The number of nitrogens with one attached hydrogen (secondary N) is 1. The van der Waals surface area contributed by atoms with Crippen molar-refractivity contribution in [3.63, 3.8) is 0 Å². The monoisotopic (exact) mass is 293 g/mol. The van der Waals surface area contributed by atoms with E-state index in [2.05, 4.69) is 44.4 Å². The molecule has 0 spiro atoms. The highest BCUT2D eigenvalue weighted by atomic mass is 35.5. The van der Waals surface area contributed by atoms with Crippen molar-refractivity contribution >= 4 is 11.6 Å². The molecule has 2 heteroatoms. The van der Waals surface area contributed by atoms with Crippen LogP contribution in [0.1, 0.15) is 62.6 Å². The van der Waals surface area contributed by atoms with Gasteiger partial charge in [0, 0.05) is 11.1 Å². The third kappa shape index (κ3) is 3.77. The van der Waals surface area contributed by atoms with Crippen molar-refractivity contribution in [3.05, 3.63) is 34.3 Å². The van der Waals surface area contributed by atoms with Crippen molar-refractivity contribution in [1.29, 1.82) is 0 Å². The summed E-state index contributed by atoms with van der Waals surface area (Å²) in [6.07, 6.45) is 8.24. The maximum atomic E-state index is 6.29. The number of hydrogen-bond acceptors (Lipinski definition) is 1. The molecule has 1 nitrogen and oxygen atoms in total. The van der Waals surface area contributed by atoms with Crippen LogP contribution in [0.2, 0.25) is 5.02 Å². The zero-order chi connectivity index (χ0) is 14.5. The molecule has 1 atom stereocenters. The Balaban J connectivity index is 2.03. The van der Waals surface area contributed by atoms with Crippen LogP contribution in [-0.4, -0.2) is 7.05 Å². The van der Waals surface area contributed by atoms with Gasteiger partial charge in [0.05, 0.1) is 0 Å². The molecule has 0 radical (unpaired) electrons. The molecule has 1 unspecified atom stereocenters. The normalized spacial score (nSPS) is 24.6. The minimum Gasteiger partial charge on any atom is -0.313 e. The highest BCUT2D eigenvalue weighted by molar-refractivity contribution is 6.31. The lowest BCUT2D eigenvalue weighted by Crippen LogP contribution is -2.28. The summed E-state index contributed by atoms with van der Waals surface area (Å²) >= 11 is 6.29. The van der Waals surface area contributed by atoms with Crippen LogP contribution in [0.5, 0.6) is 0 Å². The molecule has 1 fully saturated rings. The van der Waals surface area contributed by atoms with E-state index in [4.69, 9.17) is 11.6 Å². The highest BCUT2D eigenvalue weighted by Gasteiger charge is 2.27. The van der Waals surface area contributed by atoms with Crippen LogP contribution in [0.25, 0.3) is 0 Å². The molecule has 0 aliphatic heterocycles. The Morgan fingerprint density at radius 3 is 2.50 bits per heavy atom. The Hall–Kier alpha value is -0.530. The van der Waals surface area contributed by atoms with E-state index in [1.807, 2.05) is 0 Å². The SMILES string of the molecule is CCCC1CCC(C(NC)c2ccc(C)c(Cl)c2)CC1. The molecule has 20 heavy (non-hydrogen) atoms. The Morgan fingerprint density at radius 1 is 1.25 bits per heavy atom. The topological polar surface area (TPSA) is 12.0 Å². The van der Waals surface area contributed by atoms with Gasteiger partial charge in [0.1, 0.15) is 0 Å². The van der Waals surface area contributed by atoms with Gasteiger partial charge in [-0.1, -0.05) is 56.3 Å². The second-order valence-electron chi connectivity index (χ2n) is 6.34. The van der Waals surface area contributed by atoms with Crippen LogP contribution in [0.4, 0.5) is 0 Å². The molecule has 1 aromatic carbocycles. The second-order valence-corrected chi connectivity index (χ2v) is 6.75. The zero-order valence-electron chi connectivity index (χ0n) is 13.1. The fourth-order valence-corrected chi connectivity index (χ4v) is 3.88. The zero-order valence-corrected chi connectivity index (χ0v) is 13.8. The molecule has 1 saturated carbocycles. The Bertz CT molecular complexity index is 421. The van der Waals surface area contributed by atoms with Crippen LogP contribution in [-0.2, 0) is 0 Å². The molecule has 0 bridgehead atoms. The van der Waals surface area contributed by atoms with E-state index < -0.39 is 0 Å². The smallest absolute Gasteiger partial charge is 0.0438 e. The number of hydrogen-bond donors (Lipinski definition) is 1. The maximum absolute atomic E-state index is 6.29. The van der Waals surface area contributed by atoms with Crippen LogP contribution in [0.15, 0.2) is 18.2 Å². The predicted molar refractivity (Wildman–Crippen MR) is 88.3 cm³/mol. The summed E-state index contributed by atoms with van der Waals surface area (Å²) in [5, 5.41) is 4.41. The molecule has 1 aliphatic rings. The lowest BCUT2D eigenvalue weighted by Gasteiger charge is -2.34. The van der Waals surface area contributed by atoms with Crippen molar-refractivity contribution in [1.82, 2.24) is 5.32 Å². The van der Waals surface area contributed by atoms with E-state index in [-0.39, 0.29) is 0 Å². The summed E-state index contributed by atoms with van der Waals surface area (Å²) in [5.41, 5.74) is 2.51. The van der Waals surface area contributed by atoms with Gasteiger partial charge in [-0.3, -0.25) is 0 Å². The van der Waals surface area contributed by atoms with Crippen molar-refractivity contribution in [2.75, 3.05) is 7.05 Å². The summed E-state index contributed by atoms with van der Waals surface area (Å²) in [7, 11) is 2.08. The third-order valence-corrected chi connectivity index (χ3v) is 5.33. The van der Waals surface area contributed by atoms with E-state index >= 15 is 0 Å². The van der Waals surface area contributed by atoms with E-state index in [0.29, 0.717) is 6.04 Å². The minimum atomic E-state index is 0.454. The van der Waals surface area contributed by atoms with E-state index in [9.17, 15) is 0 Å². The van der Waals surface area contributed by atoms with Crippen molar-refractivity contribution in [2.45, 2.75) is 58.4 Å². The molecule has 0 heterocycles. The number of benzene rings is 1. The van der Waals surface area contributed by atoms with Gasteiger partial charge < -0.3 is 5.32 Å². The van der Waals surface area contributed by atoms with E-state index in [1.54, 1.807) is 0 Å². The van der Waals surface area contributed by atoms with Crippen LogP contribution >= 0.6 is 11.6 Å². The van der Waals surface area contributed by atoms with Crippen LogP contribution < -0.4 is 5.32 Å². The van der Waals surface area contributed by atoms with Gasteiger partial charge in [0.2, 0.25) is 0 Å². The average Bonchev–Trinajstić information content (AvgIpc) is 2.46. The molecule has 1 aliphatic carbocycles. The van der Waals surface area contributed by atoms with Gasteiger partial charge in [0.25, 0.3) is 0 Å². The summed E-state index contributed by atoms with van der Waals surface area (Å²) in [6, 6.07) is 6.98. The second kappa shape index (κ2) is 7.47. The highest BCUT2D eigenvalue weighted by Crippen LogP contribution is 2.38. The van der Waals surface area contributed by atoms with E-state index in [1.165, 1.54) is 44.1 Å². The van der Waals surface area contributed by atoms with Gasteiger partial charge in [-0.2, -0.15) is 0 Å². The Kier molecular flexibility index (Phi) is 5.92. The van der Waals surface area contributed by atoms with Crippen molar-refractivity contribution in [3.8, 4) is 0 Å². The molecule has 0 aromatic heterocycles. The first-order valence-electron chi connectivity index (χ1n) is 8.09. The quantitative estimate of drug-likeness (QED) is 0.754. The average molecular weight is 294 g/mol. The minimum absolute atomic E-state index is 0.454. The van der Waals surface area contributed by atoms with Crippen LogP contribution in [0.3, 0.4) is 0 Å². The predicted octanol–water partition coefficient (Wildman–Crippen LogP) is 5.52. The van der Waals surface area contributed by atoms with E-state index in [0.717, 1.165) is 22.4 Å². The molecule has 1 aromatic rings. The van der Waals surface area contributed by atoms with Crippen molar-refractivity contribution in [2.24, 2.45) is 11.8 Å². The van der Waals surface area contributed by atoms with Crippen molar-refractivity contribution < 1.29 is 0 Å². The number of aryl methyl sites for hydroxylation is 1. The van der Waals surface area contributed by atoms with Gasteiger partial charge in [-0.05, 0) is 55.8 Å². The molecule has 112 valence electrons. The lowest BCUT2D eigenvalue weighted by atomic mass is 9.75. The van der Waals surface area contributed by atoms with Gasteiger partial charge in [-0.25, -0.2) is 0 Å². The number of halogens is 1. The standard InChI is InChI=1S/C18H28ClN/c1-4-5-14-7-10-15(11-8-14)18(20-3)16-9-6-13(2)17(19)12-16/h6,9,12,14-15,18,20H,4-5,7-8,10-11H2,1-3H3. The lowest BCUT2D eigenvalue weighted by molar-refractivity contribution is 0.219. The summed E-state index contributed by atoms with van der Waals surface area (Å²) in [5.74, 6) is 1.72. The van der Waals surface area contributed by atoms with Gasteiger partial charge in [0.15, 0.2) is 0 Å². The van der Waals surface area contributed by atoms with Gasteiger partial charge >= 0.3 is 0 Å². The first kappa shape index (κ1) is 15.9. The molecular weight excluding hydrogens is 266 g/mol. The molecule has 0 amide bonds. The first-order chi connectivity index (χ1) is 9.65. The fourth-order valence-electron chi connectivity index (χ4n) is 3.70.